The molecule has 2 amide bonds. The first kappa shape index (κ1) is 18.3. The van der Waals surface area contributed by atoms with Crippen molar-refractivity contribution in [2.75, 3.05) is 50.5 Å². The Bertz CT molecular complexity index is 553. The lowest BCUT2D eigenvalue weighted by Gasteiger charge is -2.38. The van der Waals surface area contributed by atoms with Crippen LogP contribution in [0.2, 0.25) is 0 Å². The number of pyridine rings is 1. The van der Waals surface area contributed by atoms with Gasteiger partial charge < -0.3 is 9.80 Å². The number of halogens is 3. The molecule has 1 fully saturated rings. The first-order valence-electron chi connectivity index (χ1n) is 7.68. The molecule has 0 aromatic carbocycles. The van der Waals surface area contributed by atoms with Gasteiger partial charge in [0.2, 0.25) is 0 Å². The van der Waals surface area contributed by atoms with Crippen LogP contribution >= 0.6 is 0 Å². The highest BCUT2D eigenvalue weighted by Gasteiger charge is 2.41. The normalized spacial score (nSPS) is 17.5. The highest BCUT2D eigenvalue weighted by atomic mass is 19.4. The Kier molecular flexibility index (Phi) is 5.53. The number of piperazine rings is 1. The number of nitrogens with one attached hydrogen (secondary N) is 1. The Morgan fingerprint density at radius 2 is 1.88 bits per heavy atom. The topological polar surface area (TPSA) is 51.7 Å². The minimum Gasteiger partial charge on any atom is -0.376 e. The van der Waals surface area contributed by atoms with Gasteiger partial charge in [-0.25, -0.2) is 9.78 Å². The molecule has 24 heavy (non-hydrogen) atoms. The lowest BCUT2D eigenvalue weighted by atomic mass is 10.2. The molecule has 2 rings (SSSR count). The Balaban J connectivity index is 1.86. The van der Waals surface area contributed by atoms with Gasteiger partial charge in [0, 0.05) is 40.3 Å². The van der Waals surface area contributed by atoms with Crippen molar-refractivity contribution >= 4 is 17.5 Å². The number of nitrogens with zero attached hydrogens (tertiary/aromatic N) is 4. The molecule has 0 saturated carbocycles. The van der Waals surface area contributed by atoms with Crippen molar-refractivity contribution in [3.8, 4) is 0 Å². The fourth-order valence-electron chi connectivity index (χ4n) is 2.43. The van der Waals surface area contributed by atoms with Crippen LogP contribution in [0.5, 0.6) is 0 Å². The van der Waals surface area contributed by atoms with E-state index in [1.807, 2.05) is 25.1 Å². The second-order valence-electron chi connectivity index (χ2n) is 5.97. The lowest BCUT2D eigenvalue weighted by molar-refractivity contribution is -0.181. The van der Waals surface area contributed by atoms with Crippen LogP contribution in [-0.4, -0.2) is 73.3 Å². The molecule has 1 saturated heterocycles. The average molecular weight is 345 g/mol. The third-order valence-corrected chi connectivity index (χ3v) is 4.12. The highest BCUT2D eigenvalue weighted by molar-refractivity contribution is 5.88. The number of alkyl halides is 3. The van der Waals surface area contributed by atoms with Crippen LogP contribution in [0.15, 0.2) is 18.3 Å². The first-order valence-corrected chi connectivity index (χ1v) is 7.68. The summed E-state index contributed by atoms with van der Waals surface area (Å²) in [5, 5.41) is 2.67. The number of urea groups is 1. The van der Waals surface area contributed by atoms with E-state index in [2.05, 4.69) is 10.3 Å². The van der Waals surface area contributed by atoms with Crippen LogP contribution in [0.3, 0.4) is 0 Å². The number of carbonyl (C=O) groups is 1. The van der Waals surface area contributed by atoms with Crippen LogP contribution in [0, 0.1) is 0 Å². The van der Waals surface area contributed by atoms with Gasteiger partial charge in [0.15, 0.2) is 0 Å². The van der Waals surface area contributed by atoms with Crippen LogP contribution in [0.1, 0.15) is 6.92 Å². The fraction of sp³-hybridized carbons (Fsp3) is 0.600. The van der Waals surface area contributed by atoms with E-state index in [-0.39, 0.29) is 32.2 Å². The maximum absolute atomic E-state index is 12.7. The zero-order chi connectivity index (χ0) is 17.9. The predicted molar refractivity (Wildman–Crippen MR) is 86.2 cm³/mol. The van der Waals surface area contributed by atoms with Gasteiger partial charge in [0.25, 0.3) is 0 Å². The molecule has 1 aromatic rings. The second-order valence-corrected chi connectivity index (χ2v) is 5.97. The molecule has 1 aromatic heterocycles. The summed E-state index contributed by atoms with van der Waals surface area (Å²) in [6.45, 7) is 2.04. The van der Waals surface area contributed by atoms with Gasteiger partial charge in [0.1, 0.15) is 11.9 Å². The maximum Gasteiger partial charge on any atom is 0.403 e. The largest absolute Gasteiger partial charge is 0.403 e. The van der Waals surface area contributed by atoms with Crippen molar-refractivity contribution in [2.45, 2.75) is 19.1 Å². The van der Waals surface area contributed by atoms with E-state index in [1.165, 1.54) is 9.80 Å². The summed E-state index contributed by atoms with van der Waals surface area (Å²) in [5.41, 5.74) is 0.905. The van der Waals surface area contributed by atoms with E-state index >= 15 is 0 Å². The monoisotopic (exact) mass is 345 g/mol. The van der Waals surface area contributed by atoms with E-state index < -0.39 is 12.2 Å². The minimum atomic E-state index is -4.25. The van der Waals surface area contributed by atoms with Crippen LogP contribution in [0.25, 0.3) is 0 Å². The van der Waals surface area contributed by atoms with Crippen molar-refractivity contribution in [1.82, 2.24) is 14.8 Å². The van der Waals surface area contributed by atoms with E-state index in [0.29, 0.717) is 5.82 Å². The molecular weight excluding hydrogens is 323 g/mol. The molecule has 0 bridgehead atoms. The summed E-state index contributed by atoms with van der Waals surface area (Å²) in [6, 6.07) is 1.67. The van der Waals surface area contributed by atoms with Gasteiger partial charge in [-0.1, -0.05) is 0 Å². The summed E-state index contributed by atoms with van der Waals surface area (Å²) in [7, 11) is 3.77. The van der Waals surface area contributed by atoms with E-state index in [9.17, 15) is 18.0 Å². The minimum absolute atomic E-state index is 0.196. The Labute approximate surface area is 139 Å². The van der Waals surface area contributed by atoms with Gasteiger partial charge in [-0.05, 0) is 19.1 Å². The van der Waals surface area contributed by atoms with Gasteiger partial charge in [-0.3, -0.25) is 10.2 Å². The fourth-order valence-corrected chi connectivity index (χ4v) is 2.43. The van der Waals surface area contributed by atoms with E-state index in [0.717, 1.165) is 12.6 Å². The molecule has 0 spiro atoms. The molecule has 0 aliphatic carbocycles. The molecule has 134 valence electrons. The summed E-state index contributed by atoms with van der Waals surface area (Å²) in [5.74, 6) is 0.414. The SMILES string of the molecule is CC(N1CCN(C(=O)Nc2ccc(N(C)C)cn2)CC1)C(F)(F)F. The molecular formula is C15H22F3N5O. The van der Waals surface area contributed by atoms with Gasteiger partial charge >= 0.3 is 12.2 Å². The van der Waals surface area contributed by atoms with Crippen molar-refractivity contribution in [3.05, 3.63) is 18.3 Å². The molecule has 0 radical (unpaired) electrons. The molecule has 9 heteroatoms. The molecule has 1 aliphatic heterocycles. The van der Waals surface area contributed by atoms with Gasteiger partial charge in [0.05, 0.1) is 11.9 Å². The number of carbonyl (C=O) groups excluding carboxylic acids is 1. The summed E-state index contributed by atoms with van der Waals surface area (Å²) < 4.78 is 38.2. The Morgan fingerprint density at radius 3 is 2.33 bits per heavy atom. The first-order chi connectivity index (χ1) is 11.2. The number of aromatic nitrogens is 1. The summed E-state index contributed by atoms with van der Waals surface area (Å²) >= 11 is 0. The van der Waals surface area contributed by atoms with Crippen LogP contribution in [-0.2, 0) is 0 Å². The van der Waals surface area contributed by atoms with Crippen molar-refractivity contribution in [3.63, 3.8) is 0 Å². The number of hydrogen-bond acceptors (Lipinski definition) is 4. The molecule has 1 unspecified atom stereocenters. The zero-order valence-electron chi connectivity index (χ0n) is 14.0. The smallest absolute Gasteiger partial charge is 0.376 e. The second kappa shape index (κ2) is 7.25. The van der Waals surface area contributed by atoms with Gasteiger partial charge in [-0.15, -0.1) is 0 Å². The zero-order valence-corrected chi connectivity index (χ0v) is 14.0. The van der Waals surface area contributed by atoms with Crippen LogP contribution in [0.4, 0.5) is 29.5 Å². The number of anilines is 2. The highest BCUT2D eigenvalue weighted by Crippen LogP contribution is 2.25. The quantitative estimate of drug-likeness (QED) is 0.913. The number of rotatable bonds is 3. The van der Waals surface area contributed by atoms with Crippen LogP contribution < -0.4 is 10.2 Å². The molecule has 1 atom stereocenters. The average Bonchev–Trinajstić information content (AvgIpc) is 2.54. The van der Waals surface area contributed by atoms with Crippen molar-refractivity contribution in [2.24, 2.45) is 0 Å². The molecule has 2 heterocycles. The van der Waals surface area contributed by atoms with Crippen molar-refractivity contribution < 1.29 is 18.0 Å². The standard InChI is InChI=1S/C15H22F3N5O/c1-11(15(16,17)18)22-6-8-23(9-7-22)14(24)20-13-5-4-12(10-19-13)21(2)3/h4-5,10-11H,6-9H2,1-3H3,(H,19,20,24). The Morgan fingerprint density at radius 1 is 1.25 bits per heavy atom. The predicted octanol–water partition coefficient (Wildman–Crippen LogP) is 2.25. The summed E-state index contributed by atoms with van der Waals surface area (Å²) in [4.78, 5) is 21.1. The lowest BCUT2D eigenvalue weighted by Crippen LogP contribution is -2.55. The third kappa shape index (κ3) is 4.50. The third-order valence-electron chi connectivity index (χ3n) is 4.12. The van der Waals surface area contributed by atoms with Gasteiger partial charge in [-0.2, -0.15) is 13.2 Å². The van der Waals surface area contributed by atoms with Crippen molar-refractivity contribution in [1.29, 1.82) is 0 Å². The number of hydrogen-bond donors (Lipinski definition) is 1. The molecule has 1 aliphatic rings. The van der Waals surface area contributed by atoms with E-state index in [1.54, 1.807) is 12.3 Å². The summed E-state index contributed by atoms with van der Waals surface area (Å²) in [6.07, 6.45) is -2.61. The molecule has 1 N–H and O–H groups in total. The molecule has 6 nitrogen and oxygen atoms in total. The number of amides is 2. The van der Waals surface area contributed by atoms with E-state index in [4.69, 9.17) is 0 Å². The Hall–Kier alpha value is -2.03. The maximum atomic E-state index is 12.7.